The van der Waals surface area contributed by atoms with Gasteiger partial charge in [0, 0.05) is 29.6 Å². The van der Waals surface area contributed by atoms with Gasteiger partial charge in [-0.1, -0.05) is 23.7 Å². The number of nitrogens with one attached hydrogen (secondary N) is 1. The third kappa shape index (κ3) is 5.18. The Morgan fingerprint density at radius 1 is 1.13 bits per heavy atom. The van der Waals surface area contributed by atoms with Crippen molar-refractivity contribution in [2.75, 3.05) is 14.2 Å². The molecule has 0 aliphatic carbocycles. The number of amides is 1. The summed E-state index contributed by atoms with van der Waals surface area (Å²) in [5, 5.41) is 3.59. The molecule has 122 valence electrons. The Balaban J connectivity index is 1.87. The summed E-state index contributed by atoms with van der Waals surface area (Å²) in [6, 6.07) is 13.1. The molecule has 0 saturated carbocycles. The number of aryl methyl sites for hydroxylation is 1. The predicted molar refractivity (Wildman–Crippen MR) is 91.2 cm³/mol. The van der Waals surface area contributed by atoms with Crippen molar-refractivity contribution in [1.29, 1.82) is 0 Å². The van der Waals surface area contributed by atoms with Gasteiger partial charge in [0.05, 0.1) is 14.2 Å². The maximum atomic E-state index is 12.0. The zero-order valence-electron chi connectivity index (χ0n) is 13.3. The minimum absolute atomic E-state index is 0.0113. The molecule has 0 spiro atoms. The third-order valence-corrected chi connectivity index (χ3v) is 3.74. The maximum absolute atomic E-state index is 12.0. The largest absolute Gasteiger partial charge is 0.497 e. The molecule has 5 heteroatoms. The lowest BCUT2D eigenvalue weighted by atomic mass is 10.1. The van der Waals surface area contributed by atoms with Crippen LogP contribution in [0, 0.1) is 0 Å². The zero-order chi connectivity index (χ0) is 16.7. The molecule has 2 aromatic carbocycles. The smallest absolute Gasteiger partial charge is 0.220 e. The van der Waals surface area contributed by atoms with Crippen molar-refractivity contribution in [3.63, 3.8) is 0 Å². The maximum Gasteiger partial charge on any atom is 0.220 e. The van der Waals surface area contributed by atoms with Crippen LogP contribution in [0.5, 0.6) is 11.5 Å². The van der Waals surface area contributed by atoms with E-state index in [0.717, 1.165) is 16.9 Å². The Morgan fingerprint density at radius 2 is 1.96 bits per heavy atom. The number of hydrogen-bond donors (Lipinski definition) is 1. The van der Waals surface area contributed by atoms with Gasteiger partial charge in [-0.3, -0.25) is 4.79 Å². The van der Waals surface area contributed by atoms with Crippen LogP contribution in [0.15, 0.2) is 42.5 Å². The first-order chi connectivity index (χ1) is 11.1. The first kappa shape index (κ1) is 17.2. The summed E-state index contributed by atoms with van der Waals surface area (Å²) in [6.07, 6.45) is 1.07. The van der Waals surface area contributed by atoms with Crippen molar-refractivity contribution in [1.82, 2.24) is 5.32 Å². The molecule has 23 heavy (non-hydrogen) atoms. The van der Waals surface area contributed by atoms with E-state index < -0.39 is 0 Å². The summed E-state index contributed by atoms with van der Waals surface area (Å²) in [5.41, 5.74) is 1.96. The van der Waals surface area contributed by atoms with Crippen LogP contribution in [0.1, 0.15) is 17.5 Å². The highest BCUT2D eigenvalue weighted by atomic mass is 35.5. The average Bonchev–Trinajstić information content (AvgIpc) is 2.58. The van der Waals surface area contributed by atoms with Gasteiger partial charge in [0.15, 0.2) is 0 Å². The molecule has 0 heterocycles. The number of carbonyl (C=O) groups excluding carboxylic acids is 1. The summed E-state index contributed by atoms with van der Waals surface area (Å²) in [4.78, 5) is 12.0. The summed E-state index contributed by atoms with van der Waals surface area (Å²) in [5.74, 6) is 1.40. The lowest BCUT2D eigenvalue weighted by molar-refractivity contribution is -0.121. The molecular weight excluding hydrogens is 314 g/mol. The number of hydrogen-bond acceptors (Lipinski definition) is 3. The van der Waals surface area contributed by atoms with E-state index in [4.69, 9.17) is 21.1 Å². The van der Waals surface area contributed by atoms with Crippen LogP contribution in [-0.2, 0) is 17.8 Å². The lowest BCUT2D eigenvalue weighted by Crippen LogP contribution is -2.23. The Hall–Kier alpha value is -2.20. The van der Waals surface area contributed by atoms with E-state index in [2.05, 4.69) is 5.32 Å². The van der Waals surface area contributed by atoms with Gasteiger partial charge in [0.25, 0.3) is 0 Å². The van der Waals surface area contributed by atoms with E-state index >= 15 is 0 Å². The summed E-state index contributed by atoms with van der Waals surface area (Å²) in [7, 11) is 3.20. The van der Waals surface area contributed by atoms with Crippen LogP contribution in [0.3, 0.4) is 0 Å². The Morgan fingerprint density at radius 3 is 2.65 bits per heavy atom. The number of carbonyl (C=O) groups is 1. The summed E-state index contributed by atoms with van der Waals surface area (Å²) in [6.45, 7) is 0.418. The third-order valence-electron chi connectivity index (χ3n) is 3.50. The van der Waals surface area contributed by atoms with Gasteiger partial charge in [-0.15, -0.1) is 0 Å². The topological polar surface area (TPSA) is 47.6 Å². The molecular formula is C18H20ClNO3. The Bertz CT molecular complexity index is 673. The predicted octanol–water partition coefficient (Wildman–Crippen LogP) is 3.61. The van der Waals surface area contributed by atoms with Crippen molar-refractivity contribution in [3.05, 3.63) is 58.6 Å². The van der Waals surface area contributed by atoms with Crippen molar-refractivity contribution in [2.45, 2.75) is 19.4 Å². The number of ether oxygens (including phenoxy) is 2. The van der Waals surface area contributed by atoms with Crippen LogP contribution < -0.4 is 14.8 Å². The van der Waals surface area contributed by atoms with Gasteiger partial charge >= 0.3 is 0 Å². The Labute approximate surface area is 141 Å². The van der Waals surface area contributed by atoms with Crippen LogP contribution in [0.2, 0.25) is 5.02 Å². The summed E-state index contributed by atoms with van der Waals surface area (Å²) < 4.78 is 10.5. The van der Waals surface area contributed by atoms with Crippen molar-refractivity contribution in [3.8, 4) is 11.5 Å². The van der Waals surface area contributed by atoms with Crippen molar-refractivity contribution < 1.29 is 14.3 Å². The highest BCUT2D eigenvalue weighted by molar-refractivity contribution is 6.30. The van der Waals surface area contributed by atoms with E-state index in [-0.39, 0.29) is 5.91 Å². The molecule has 0 radical (unpaired) electrons. The fraction of sp³-hybridized carbons (Fsp3) is 0.278. The van der Waals surface area contributed by atoms with Gasteiger partial charge in [-0.05, 0) is 36.2 Å². The minimum Gasteiger partial charge on any atom is -0.497 e. The monoisotopic (exact) mass is 333 g/mol. The molecule has 0 atom stereocenters. The van der Waals surface area contributed by atoms with Crippen molar-refractivity contribution >= 4 is 17.5 Å². The first-order valence-corrected chi connectivity index (χ1v) is 7.72. The molecule has 1 N–H and O–H groups in total. The quantitative estimate of drug-likeness (QED) is 0.842. The lowest BCUT2D eigenvalue weighted by Gasteiger charge is -2.11. The van der Waals surface area contributed by atoms with E-state index in [9.17, 15) is 4.79 Å². The highest BCUT2D eigenvalue weighted by Crippen LogP contribution is 2.24. The molecule has 1 amide bonds. The molecule has 0 bridgehead atoms. The average molecular weight is 334 g/mol. The van der Waals surface area contributed by atoms with Crippen LogP contribution in [0.4, 0.5) is 0 Å². The molecule has 4 nitrogen and oxygen atoms in total. The molecule has 2 aromatic rings. The summed E-state index contributed by atoms with van der Waals surface area (Å²) >= 11 is 5.93. The van der Waals surface area contributed by atoms with Gasteiger partial charge in [-0.25, -0.2) is 0 Å². The van der Waals surface area contributed by atoms with Crippen LogP contribution in [0.25, 0.3) is 0 Å². The molecule has 0 unspecified atom stereocenters. The standard InChI is InChI=1S/C18H20ClNO3/c1-22-16-8-7-14(17(11-16)23-2)12-20-18(21)9-6-13-4-3-5-15(19)10-13/h3-5,7-8,10-11H,6,9,12H2,1-2H3,(H,20,21). The fourth-order valence-electron chi connectivity index (χ4n) is 2.23. The second-order valence-corrected chi connectivity index (χ2v) is 5.52. The molecule has 0 aromatic heterocycles. The van der Waals surface area contributed by atoms with Crippen molar-refractivity contribution in [2.24, 2.45) is 0 Å². The molecule has 0 aliphatic heterocycles. The SMILES string of the molecule is COc1ccc(CNC(=O)CCc2cccc(Cl)c2)c(OC)c1. The number of methoxy groups -OCH3 is 2. The fourth-order valence-corrected chi connectivity index (χ4v) is 2.44. The van der Waals surface area contributed by atoms with Gasteiger partial charge < -0.3 is 14.8 Å². The van der Waals surface area contributed by atoms with Crippen LogP contribution in [-0.4, -0.2) is 20.1 Å². The van der Waals surface area contributed by atoms with Crippen LogP contribution >= 0.6 is 11.6 Å². The number of benzene rings is 2. The first-order valence-electron chi connectivity index (χ1n) is 7.34. The molecule has 0 fully saturated rings. The van der Waals surface area contributed by atoms with E-state index in [1.807, 2.05) is 36.4 Å². The van der Waals surface area contributed by atoms with E-state index in [1.165, 1.54) is 0 Å². The molecule has 2 rings (SSSR count). The van der Waals surface area contributed by atoms with E-state index in [0.29, 0.717) is 30.2 Å². The zero-order valence-corrected chi connectivity index (χ0v) is 14.0. The second kappa shape index (κ2) is 8.44. The Kier molecular flexibility index (Phi) is 6.29. The number of rotatable bonds is 7. The highest BCUT2D eigenvalue weighted by Gasteiger charge is 2.07. The van der Waals surface area contributed by atoms with Gasteiger partial charge in [0.1, 0.15) is 11.5 Å². The second-order valence-electron chi connectivity index (χ2n) is 5.08. The van der Waals surface area contributed by atoms with Gasteiger partial charge in [0.2, 0.25) is 5.91 Å². The van der Waals surface area contributed by atoms with E-state index in [1.54, 1.807) is 20.3 Å². The number of halogens is 1. The minimum atomic E-state index is -0.0113. The van der Waals surface area contributed by atoms with Gasteiger partial charge in [-0.2, -0.15) is 0 Å². The molecule has 0 saturated heterocycles. The normalized spacial score (nSPS) is 10.2. The molecule has 0 aliphatic rings.